The number of H-pyrrole nitrogens is 1. The normalized spacial score (nSPS) is 12.5. The molecule has 0 spiro atoms. The lowest BCUT2D eigenvalue weighted by Gasteiger charge is -2.16. The molecule has 1 heterocycles. The zero-order valence-corrected chi connectivity index (χ0v) is 13.0. The van der Waals surface area contributed by atoms with E-state index in [0.29, 0.717) is 11.7 Å². The number of aliphatic hydroxyl groups is 1. The van der Waals surface area contributed by atoms with Crippen LogP contribution >= 0.6 is 11.6 Å². The van der Waals surface area contributed by atoms with Crippen LogP contribution in [0.15, 0.2) is 30.3 Å². The number of nitrogens with one attached hydrogen (secondary N) is 2. The molecule has 1 aromatic carbocycles. The van der Waals surface area contributed by atoms with Crippen LogP contribution in [0.25, 0.3) is 0 Å². The Balaban J connectivity index is 1.96. The molecule has 2 aromatic rings. The number of hydrogen-bond donors (Lipinski definition) is 3. The lowest BCUT2D eigenvalue weighted by Crippen LogP contribution is -2.24. The van der Waals surface area contributed by atoms with Gasteiger partial charge in [-0.1, -0.05) is 55.3 Å². The van der Waals surface area contributed by atoms with Gasteiger partial charge in [-0.25, -0.2) is 4.98 Å². The quantitative estimate of drug-likeness (QED) is 0.701. The van der Waals surface area contributed by atoms with Gasteiger partial charge < -0.3 is 15.4 Å². The van der Waals surface area contributed by atoms with E-state index in [2.05, 4.69) is 22.2 Å². The molecule has 0 aliphatic rings. The summed E-state index contributed by atoms with van der Waals surface area (Å²) >= 11 is 6.15. The fourth-order valence-electron chi connectivity index (χ4n) is 2.22. The summed E-state index contributed by atoms with van der Waals surface area (Å²) in [4.78, 5) is 7.59. The number of benzene rings is 1. The molecule has 1 atom stereocenters. The van der Waals surface area contributed by atoms with Crippen LogP contribution in [0.5, 0.6) is 0 Å². The zero-order chi connectivity index (χ0) is 15.1. The molecule has 3 N–H and O–H groups in total. The van der Waals surface area contributed by atoms with Crippen LogP contribution in [0.3, 0.4) is 0 Å². The summed E-state index contributed by atoms with van der Waals surface area (Å²) in [6, 6.07) is 9.77. The molecule has 0 radical (unpaired) electrons. The summed E-state index contributed by atoms with van der Waals surface area (Å²) in [5, 5.41) is 13.3. The van der Waals surface area contributed by atoms with Gasteiger partial charge in [0.2, 0.25) is 0 Å². The molecule has 0 aliphatic heterocycles. The standard InChI is InChI=1S/C16H22ClN3O/c1-2-3-9-15-19-13(16(17)20-15)10-18-14(11-21)12-7-5-4-6-8-12/h4-8,14,18,21H,2-3,9-11H2,1H3,(H,19,20). The topological polar surface area (TPSA) is 60.9 Å². The number of aromatic amines is 1. The van der Waals surface area contributed by atoms with Crippen molar-refractivity contribution in [1.82, 2.24) is 15.3 Å². The first-order chi connectivity index (χ1) is 10.2. The van der Waals surface area contributed by atoms with Crippen molar-refractivity contribution in [2.75, 3.05) is 6.61 Å². The Hall–Kier alpha value is -1.36. The monoisotopic (exact) mass is 307 g/mol. The van der Waals surface area contributed by atoms with Crippen LogP contribution in [0.1, 0.15) is 42.9 Å². The third kappa shape index (κ3) is 4.56. The summed E-state index contributed by atoms with van der Waals surface area (Å²) in [5.41, 5.74) is 1.93. The number of nitrogens with zero attached hydrogens (tertiary/aromatic N) is 1. The van der Waals surface area contributed by atoms with Crippen molar-refractivity contribution in [2.45, 2.75) is 38.8 Å². The van der Waals surface area contributed by atoms with Crippen molar-refractivity contribution in [3.8, 4) is 0 Å². The summed E-state index contributed by atoms with van der Waals surface area (Å²) < 4.78 is 0. The minimum atomic E-state index is -0.107. The number of halogens is 1. The van der Waals surface area contributed by atoms with Gasteiger partial charge in [-0.15, -0.1) is 0 Å². The highest BCUT2D eigenvalue weighted by molar-refractivity contribution is 6.30. The molecule has 1 aromatic heterocycles. The van der Waals surface area contributed by atoms with E-state index < -0.39 is 0 Å². The van der Waals surface area contributed by atoms with Crippen molar-refractivity contribution in [2.24, 2.45) is 0 Å². The van der Waals surface area contributed by atoms with Crippen LogP contribution in [0, 0.1) is 0 Å². The van der Waals surface area contributed by atoms with E-state index in [1.54, 1.807) is 0 Å². The molecule has 1 unspecified atom stereocenters. The molecule has 0 fully saturated rings. The zero-order valence-electron chi connectivity index (χ0n) is 12.3. The van der Waals surface area contributed by atoms with Gasteiger partial charge in [0.15, 0.2) is 5.15 Å². The first kappa shape index (κ1) is 16.0. The number of hydrogen-bond acceptors (Lipinski definition) is 3. The van der Waals surface area contributed by atoms with E-state index in [0.717, 1.165) is 36.3 Å². The lowest BCUT2D eigenvalue weighted by molar-refractivity contribution is 0.243. The first-order valence-corrected chi connectivity index (χ1v) is 7.74. The van der Waals surface area contributed by atoms with E-state index in [4.69, 9.17) is 11.6 Å². The molecule has 2 rings (SSSR count). The Morgan fingerprint density at radius 3 is 2.76 bits per heavy atom. The maximum absolute atomic E-state index is 9.53. The second-order valence-electron chi connectivity index (χ2n) is 5.08. The van der Waals surface area contributed by atoms with Gasteiger partial charge in [-0.3, -0.25) is 0 Å². The highest BCUT2D eigenvalue weighted by Gasteiger charge is 2.12. The van der Waals surface area contributed by atoms with E-state index in [1.807, 2.05) is 30.3 Å². The maximum Gasteiger partial charge on any atom is 0.151 e. The lowest BCUT2D eigenvalue weighted by atomic mass is 10.1. The van der Waals surface area contributed by atoms with E-state index in [1.165, 1.54) is 0 Å². The van der Waals surface area contributed by atoms with Gasteiger partial charge in [0.1, 0.15) is 5.82 Å². The summed E-state index contributed by atoms with van der Waals surface area (Å²) in [6.07, 6.45) is 3.14. The molecule has 0 bridgehead atoms. The fourth-order valence-corrected chi connectivity index (χ4v) is 2.43. The smallest absolute Gasteiger partial charge is 0.151 e. The number of rotatable bonds is 8. The summed E-state index contributed by atoms with van der Waals surface area (Å²) in [6.45, 7) is 2.75. The number of aromatic nitrogens is 2. The van der Waals surface area contributed by atoms with Gasteiger partial charge in [-0.05, 0) is 12.0 Å². The minimum absolute atomic E-state index is 0.0401. The third-order valence-corrected chi connectivity index (χ3v) is 3.77. The Kier molecular flexibility index (Phi) is 6.23. The minimum Gasteiger partial charge on any atom is -0.394 e. The predicted octanol–water partition coefficient (Wildman–Crippen LogP) is 3.23. The molecule has 21 heavy (non-hydrogen) atoms. The molecular formula is C16H22ClN3O. The first-order valence-electron chi connectivity index (χ1n) is 7.37. The third-order valence-electron chi connectivity index (χ3n) is 3.45. The van der Waals surface area contributed by atoms with Crippen LogP contribution < -0.4 is 5.32 Å². The van der Waals surface area contributed by atoms with Crippen molar-refractivity contribution >= 4 is 11.6 Å². The highest BCUT2D eigenvalue weighted by atomic mass is 35.5. The number of imidazole rings is 1. The Bertz CT molecular complexity index is 542. The van der Waals surface area contributed by atoms with Crippen molar-refractivity contribution in [1.29, 1.82) is 0 Å². The van der Waals surface area contributed by atoms with E-state index in [9.17, 15) is 5.11 Å². The van der Waals surface area contributed by atoms with Crippen LogP contribution in [0.4, 0.5) is 0 Å². The molecule has 0 saturated carbocycles. The molecule has 0 amide bonds. The Morgan fingerprint density at radius 1 is 1.33 bits per heavy atom. The van der Waals surface area contributed by atoms with E-state index >= 15 is 0 Å². The number of unbranched alkanes of at least 4 members (excludes halogenated alkanes) is 1. The second-order valence-corrected chi connectivity index (χ2v) is 5.44. The molecule has 5 heteroatoms. The van der Waals surface area contributed by atoms with Gasteiger partial charge in [0, 0.05) is 13.0 Å². The SMILES string of the molecule is CCCCc1nc(Cl)c(CNC(CO)c2ccccc2)[nH]1. The summed E-state index contributed by atoms with van der Waals surface area (Å²) in [5.74, 6) is 0.930. The summed E-state index contributed by atoms with van der Waals surface area (Å²) in [7, 11) is 0. The highest BCUT2D eigenvalue weighted by Crippen LogP contribution is 2.17. The van der Waals surface area contributed by atoms with Crippen LogP contribution in [-0.4, -0.2) is 21.7 Å². The van der Waals surface area contributed by atoms with Crippen molar-refractivity contribution in [3.63, 3.8) is 0 Å². The fraction of sp³-hybridized carbons (Fsp3) is 0.438. The molecule has 0 saturated heterocycles. The average Bonchev–Trinajstić information content (AvgIpc) is 2.87. The van der Waals surface area contributed by atoms with Gasteiger partial charge >= 0.3 is 0 Å². The molecular weight excluding hydrogens is 286 g/mol. The van der Waals surface area contributed by atoms with E-state index in [-0.39, 0.29) is 12.6 Å². The molecule has 114 valence electrons. The van der Waals surface area contributed by atoms with Gasteiger partial charge in [-0.2, -0.15) is 0 Å². The largest absolute Gasteiger partial charge is 0.394 e. The van der Waals surface area contributed by atoms with Crippen LogP contribution in [-0.2, 0) is 13.0 Å². The van der Waals surface area contributed by atoms with Gasteiger partial charge in [0.05, 0.1) is 18.3 Å². The second kappa shape index (κ2) is 8.17. The average molecular weight is 308 g/mol. The maximum atomic E-state index is 9.53. The van der Waals surface area contributed by atoms with Crippen molar-refractivity contribution in [3.05, 3.63) is 52.6 Å². The number of aryl methyl sites for hydroxylation is 1. The van der Waals surface area contributed by atoms with Crippen LogP contribution in [0.2, 0.25) is 5.15 Å². The molecule has 4 nitrogen and oxygen atoms in total. The molecule has 0 aliphatic carbocycles. The van der Waals surface area contributed by atoms with Crippen molar-refractivity contribution < 1.29 is 5.11 Å². The Morgan fingerprint density at radius 2 is 2.10 bits per heavy atom. The Labute approximate surface area is 130 Å². The number of aliphatic hydroxyl groups excluding tert-OH is 1. The van der Waals surface area contributed by atoms with Gasteiger partial charge in [0.25, 0.3) is 0 Å². The predicted molar refractivity (Wildman–Crippen MR) is 85.3 cm³/mol.